The van der Waals surface area contributed by atoms with Crippen LogP contribution < -0.4 is 9.46 Å². The Kier molecular flexibility index (Phi) is 9.74. The van der Waals surface area contributed by atoms with Crippen molar-refractivity contribution < 1.29 is 40.3 Å². The molecule has 0 saturated heterocycles. The molecule has 14 heteroatoms. The van der Waals surface area contributed by atoms with Crippen LogP contribution in [0.5, 0.6) is 5.75 Å². The Bertz CT molecular complexity index is 1670. The lowest BCUT2D eigenvalue weighted by atomic mass is 10.0. The Hall–Kier alpha value is -3.59. The molecule has 2 N–H and O–H groups in total. The standard InChI is InChI=1S/C29H33F2N3O7S2/c1-19-16-34(20(2)18-35)29(36)15-21-14-24(32-42(37,38)25-9-4-22(30)5-10-25)8-13-27(21)41-28(19)17-33(3)43(39,40)26-11-6-23(31)7-12-26/h4-14,19-20,28,32,35H,15-18H2,1-3H3/t19-,20-,28+/m0/s1. The van der Waals surface area contributed by atoms with Crippen molar-refractivity contribution in [1.82, 2.24) is 9.21 Å². The normalized spacial score (nSPS) is 18.7. The molecule has 3 aromatic carbocycles. The van der Waals surface area contributed by atoms with Crippen LogP contribution >= 0.6 is 0 Å². The molecule has 1 aliphatic heterocycles. The number of nitrogens with zero attached hydrogens (tertiary/aromatic N) is 2. The number of carbonyl (C=O) groups excluding carboxylic acids is 1. The second kappa shape index (κ2) is 13.0. The van der Waals surface area contributed by atoms with E-state index < -0.39 is 49.7 Å². The minimum Gasteiger partial charge on any atom is -0.488 e. The van der Waals surface area contributed by atoms with Crippen molar-refractivity contribution >= 4 is 31.6 Å². The zero-order valence-corrected chi connectivity index (χ0v) is 25.4. The highest BCUT2D eigenvalue weighted by Gasteiger charge is 2.33. The molecular formula is C29H33F2N3O7S2. The van der Waals surface area contributed by atoms with E-state index in [-0.39, 0.29) is 53.3 Å². The predicted octanol–water partition coefficient (Wildman–Crippen LogP) is 3.24. The second-order valence-corrected chi connectivity index (χ2v) is 14.2. The minimum absolute atomic E-state index is 0.101. The molecule has 0 aliphatic carbocycles. The summed E-state index contributed by atoms with van der Waals surface area (Å²) in [5, 5.41) is 9.84. The SMILES string of the molecule is C[C@H]1CN([C@@H](C)CO)C(=O)Cc2cc(NS(=O)(=O)c3ccc(F)cc3)ccc2O[C@@H]1CN(C)S(=O)(=O)c1ccc(F)cc1. The van der Waals surface area contributed by atoms with Crippen LogP contribution in [0.25, 0.3) is 0 Å². The summed E-state index contributed by atoms with van der Waals surface area (Å²) in [6.07, 6.45) is -0.963. The van der Waals surface area contributed by atoms with Gasteiger partial charge < -0.3 is 14.7 Å². The van der Waals surface area contributed by atoms with Crippen LogP contribution in [0.1, 0.15) is 19.4 Å². The molecule has 43 heavy (non-hydrogen) atoms. The van der Waals surface area contributed by atoms with Gasteiger partial charge in [0.2, 0.25) is 15.9 Å². The van der Waals surface area contributed by atoms with Crippen molar-refractivity contribution in [3.63, 3.8) is 0 Å². The van der Waals surface area contributed by atoms with Gasteiger partial charge in [-0.3, -0.25) is 9.52 Å². The molecule has 0 bridgehead atoms. The molecule has 0 fully saturated rings. The van der Waals surface area contributed by atoms with Gasteiger partial charge in [-0.15, -0.1) is 0 Å². The number of anilines is 1. The molecule has 4 rings (SSSR count). The molecule has 0 unspecified atom stereocenters. The highest BCUT2D eigenvalue weighted by molar-refractivity contribution is 7.92. The summed E-state index contributed by atoms with van der Waals surface area (Å²) < 4.78 is 88.8. The number of aliphatic hydroxyl groups excluding tert-OH is 1. The zero-order chi connectivity index (χ0) is 31.5. The van der Waals surface area contributed by atoms with Gasteiger partial charge in [-0.1, -0.05) is 6.92 Å². The summed E-state index contributed by atoms with van der Waals surface area (Å²) in [5.74, 6) is -1.67. The van der Waals surface area contributed by atoms with Crippen molar-refractivity contribution in [1.29, 1.82) is 0 Å². The number of amides is 1. The van der Waals surface area contributed by atoms with E-state index in [2.05, 4.69) is 4.72 Å². The van der Waals surface area contributed by atoms with Gasteiger partial charge in [0.25, 0.3) is 10.0 Å². The highest BCUT2D eigenvalue weighted by Crippen LogP contribution is 2.30. The summed E-state index contributed by atoms with van der Waals surface area (Å²) >= 11 is 0. The average Bonchev–Trinajstić information content (AvgIpc) is 3.00. The van der Waals surface area contributed by atoms with Gasteiger partial charge in [-0.25, -0.2) is 25.6 Å². The van der Waals surface area contributed by atoms with Crippen LogP contribution in [0.4, 0.5) is 14.5 Å². The van der Waals surface area contributed by atoms with Crippen LogP contribution in [0.2, 0.25) is 0 Å². The van der Waals surface area contributed by atoms with Crippen molar-refractivity contribution in [3.8, 4) is 5.75 Å². The number of halogens is 2. The van der Waals surface area contributed by atoms with E-state index in [1.807, 2.05) is 0 Å². The third kappa shape index (κ3) is 7.50. The van der Waals surface area contributed by atoms with Crippen molar-refractivity contribution in [2.45, 2.75) is 42.2 Å². The fourth-order valence-electron chi connectivity index (χ4n) is 4.68. The van der Waals surface area contributed by atoms with Crippen molar-refractivity contribution in [3.05, 3.63) is 83.9 Å². The lowest BCUT2D eigenvalue weighted by molar-refractivity contribution is -0.134. The van der Waals surface area contributed by atoms with Crippen LogP contribution in [-0.2, 0) is 31.3 Å². The topological polar surface area (TPSA) is 133 Å². The smallest absolute Gasteiger partial charge is 0.261 e. The molecule has 10 nitrogen and oxygen atoms in total. The Morgan fingerprint density at radius 2 is 1.58 bits per heavy atom. The number of hydrogen-bond acceptors (Lipinski definition) is 7. The van der Waals surface area contributed by atoms with E-state index in [0.717, 1.165) is 40.7 Å². The molecule has 1 heterocycles. The summed E-state index contributed by atoms with van der Waals surface area (Å²) in [5.41, 5.74) is 0.462. The molecule has 1 aliphatic rings. The number of carbonyl (C=O) groups is 1. The number of aliphatic hydroxyl groups is 1. The second-order valence-electron chi connectivity index (χ2n) is 10.5. The van der Waals surface area contributed by atoms with E-state index in [1.165, 1.54) is 42.3 Å². The first-order valence-electron chi connectivity index (χ1n) is 13.4. The maximum Gasteiger partial charge on any atom is 0.261 e. The number of ether oxygens (including phenoxy) is 1. The largest absolute Gasteiger partial charge is 0.488 e. The molecule has 3 atom stereocenters. The fraction of sp³-hybridized carbons (Fsp3) is 0.345. The van der Waals surface area contributed by atoms with Gasteiger partial charge in [-0.2, -0.15) is 4.31 Å². The van der Waals surface area contributed by atoms with Gasteiger partial charge in [0.1, 0.15) is 23.5 Å². The average molecular weight is 638 g/mol. The Labute approximate surface area is 250 Å². The van der Waals surface area contributed by atoms with E-state index in [1.54, 1.807) is 13.8 Å². The lowest BCUT2D eigenvalue weighted by Gasteiger charge is -2.33. The fourth-order valence-corrected chi connectivity index (χ4v) is 6.91. The molecule has 3 aromatic rings. The first kappa shape index (κ1) is 32.3. The predicted molar refractivity (Wildman–Crippen MR) is 155 cm³/mol. The number of sulfonamides is 2. The molecule has 0 saturated carbocycles. The van der Waals surface area contributed by atoms with Gasteiger partial charge >= 0.3 is 0 Å². The summed E-state index contributed by atoms with van der Waals surface area (Å²) in [4.78, 5) is 14.7. The first-order valence-corrected chi connectivity index (χ1v) is 16.3. The Balaban J connectivity index is 1.68. The van der Waals surface area contributed by atoms with Gasteiger partial charge in [0.15, 0.2) is 0 Å². The third-order valence-electron chi connectivity index (χ3n) is 7.25. The Morgan fingerprint density at radius 3 is 2.16 bits per heavy atom. The molecule has 0 spiro atoms. The first-order chi connectivity index (χ1) is 20.2. The minimum atomic E-state index is -4.09. The highest BCUT2D eigenvalue weighted by atomic mass is 32.2. The van der Waals surface area contributed by atoms with Gasteiger partial charge in [0, 0.05) is 30.8 Å². The summed E-state index contributed by atoms with van der Waals surface area (Å²) in [7, 11) is -6.74. The van der Waals surface area contributed by atoms with Crippen LogP contribution in [0, 0.1) is 17.6 Å². The molecular weight excluding hydrogens is 604 g/mol. The van der Waals surface area contributed by atoms with Crippen molar-refractivity contribution in [2.24, 2.45) is 5.92 Å². The summed E-state index contributed by atoms with van der Waals surface area (Å²) in [6.45, 7) is 3.18. The van der Waals surface area contributed by atoms with E-state index in [0.29, 0.717) is 5.56 Å². The van der Waals surface area contributed by atoms with Crippen LogP contribution in [-0.4, -0.2) is 75.9 Å². The van der Waals surface area contributed by atoms with Gasteiger partial charge in [0.05, 0.1) is 35.4 Å². The van der Waals surface area contributed by atoms with E-state index in [4.69, 9.17) is 4.74 Å². The summed E-state index contributed by atoms with van der Waals surface area (Å²) in [6, 6.07) is 12.6. The monoisotopic (exact) mass is 637 g/mol. The quantitative estimate of drug-likeness (QED) is 0.368. The van der Waals surface area contributed by atoms with Crippen LogP contribution in [0.3, 0.4) is 0 Å². The van der Waals surface area contributed by atoms with Crippen molar-refractivity contribution in [2.75, 3.05) is 31.5 Å². The van der Waals surface area contributed by atoms with Crippen LogP contribution in [0.15, 0.2) is 76.5 Å². The number of likely N-dealkylation sites (N-methyl/N-ethyl adjacent to an activating group) is 1. The molecule has 0 radical (unpaired) electrons. The maximum absolute atomic E-state index is 13.4. The number of benzene rings is 3. The Morgan fingerprint density at radius 1 is 1.00 bits per heavy atom. The molecule has 232 valence electrons. The van der Waals surface area contributed by atoms with E-state index >= 15 is 0 Å². The number of fused-ring (bicyclic) bond motifs is 1. The van der Waals surface area contributed by atoms with E-state index in [9.17, 15) is 35.5 Å². The molecule has 1 amide bonds. The molecule has 0 aromatic heterocycles. The number of hydrogen-bond donors (Lipinski definition) is 2. The zero-order valence-electron chi connectivity index (χ0n) is 23.8. The number of nitrogens with one attached hydrogen (secondary N) is 1. The van der Waals surface area contributed by atoms with Gasteiger partial charge in [-0.05, 0) is 73.7 Å². The maximum atomic E-state index is 13.4. The third-order valence-corrected chi connectivity index (χ3v) is 10.5. The lowest BCUT2D eigenvalue weighted by Crippen LogP contribution is -2.48. The number of rotatable bonds is 9.